The third-order valence-corrected chi connectivity index (χ3v) is 6.62. The van der Waals surface area contributed by atoms with Gasteiger partial charge in [-0.1, -0.05) is 31.4 Å². The average Bonchev–Trinajstić information content (AvgIpc) is 2.71. The predicted octanol–water partition coefficient (Wildman–Crippen LogP) is 3.65. The Morgan fingerprint density at radius 1 is 1.18 bits per heavy atom. The lowest BCUT2D eigenvalue weighted by molar-refractivity contribution is -0.116. The van der Waals surface area contributed by atoms with Gasteiger partial charge in [-0.15, -0.1) is 0 Å². The first-order chi connectivity index (χ1) is 13.5. The second-order valence-electron chi connectivity index (χ2n) is 8.67. The van der Waals surface area contributed by atoms with Crippen LogP contribution in [0.1, 0.15) is 56.6 Å². The fourth-order valence-corrected chi connectivity index (χ4v) is 4.65. The number of morpholine rings is 1. The quantitative estimate of drug-likeness (QED) is 0.750. The number of anilines is 1. The molecular formula is C23H37N3O2. The van der Waals surface area contributed by atoms with Crippen molar-refractivity contribution in [3.05, 3.63) is 29.3 Å². The molecule has 0 bridgehead atoms. The first-order valence-electron chi connectivity index (χ1n) is 10.9. The Balaban J connectivity index is 1.53. The minimum Gasteiger partial charge on any atom is -0.379 e. The summed E-state index contributed by atoms with van der Waals surface area (Å²) in [6.45, 7) is 11.0. The van der Waals surface area contributed by atoms with Crippen LogP contribution in [0.5, 0.6) is 0 Å². The molecule has 3 rings (SSSR count). The van der Waals surface area contributed by atoms with E-state index >= 15 is 0 Å². The lowest BCUT2D eigenvalue weighted by Gasteiger charge is -2.48. The fraction of sp³-hybridized carbons (Fsp3) is 0.696. The van der Waals surface area contributed by atoms with Crippen LogP contribution in [0.2, 0.25) is 0 Å². The molecule has 1 saturated heterocycles. The summed E-state index contributed by atoms with van der Waals surface area (Å²) in [5, 5.41) is 6.78. The maximum absolute atomic E-state index is 12.5. The maximum atomic E-state index is 12.5. The number of ether oxygens (including phenoxy) is 1. The number of benzene rings is 1. The number of nitrogens with zero attached hydrogens (tertiary/aromatic N) is 1. The molecule has 2 N–H and O–H groups in total. The van der Waals surface area contributed by atoms with E-state index in [1.54, 1.807) is 0 Å². The molecule has 1 atom stereocenters. The summed E-state index contributed by atoms with van der Waals surface area (Å²) >= 11 is 0. The SMILES string of the molecule is Cc1cccc(NC(=O)CC(C)NCC2(N3CCOCC3)CCCCC2)c1C. The van der Waals surface area contributed by atoms with Crippen LogP contribution < -0.4 is 10.6 Å². The van der Waals surface area contributed by atoms with Gasteiger partial charge in [-0.25, -0.2) is 0 Å². The van der Waals surface area contributed by atoms with Crippen molar-refractivity contribution in [1.82, 2.24) is 10.2 Å². The van der Waals surface area contributed by atoms with E-state index in [-0.39, 0.29) is 17.5 Å². The summed E-state index contributed by atoms with van der Waals surface area (Å²) in [5.41, 5.74) is 3.51. The molecule has 1 aliphatic carbocycles. The lowest BCUT2D eigenvalue weighted by Crippen LogP contribution is -2.60. The van der Waals surface area contributed by atoms with Crippen LogP contribution >= 0.6 is 0 Å². The van der Waals surface area contributed by atoms with Gasteiger partial charge in [-0.2, -0.15) is 0 Å². The zero-order valence-electron chi connectivity index (χ0n) is 17.9. The molecule has 2 aliphatic rings. The van der Waals surface area contributed by atoms with Gasteiger partial charge in [0.2, 0.25) is 5.91 Å². The standard InChI is InChI=1S/C23H37N3O2/c1-18-8-7-9-21(20(18)3)25-22(27)16-19(2)24-17-23(10-5-4-6-11-23)26-12-14-28-15-13-26/h7-9,19,24H,4-6,10-17H2,1-3H3,(H,25,27). The van der Waals surface area contributed by atoms with Crippen LogP contribution in [0.25, 0.3) is 0 Å². The van der Waals surface area contributed by atoms with Crippen molar-refractivity contribution in [3.8, 4) is 0 Å². The molecule has 0 aromatic heterocycles. The second kappa shape index (κ2) is 9.86. The molecule has 5 nitrogen and oxygen atoms in total. The van der Waals surface area contributed by atoms with Crippen molar-refractivity contribution in [3.63, 3.8) is 0 Å². The van der Waals surface area contributed by atoms with Gasteiger partial charge in [0.15, 0.2) is 0 Å². The van der Waals surface area contributed by atoms with Gasteiger partial charge >= 0.3 is 0 Å². The largest absolute Gasteiger partial charge is 0.379 e. The van der Waals surface area contributed by atoms with E-state index in [9.17, 15) is 4.79 Å². The molecular weight excluding hydrogens is 350 g/mol. The number of nitrogens with one attached hydrogen (secondary N) is 2. The molecule has 0 spiro atoms. The summed E-state index contributed by atoms with van der Waals surface area (Å²) in [4.78, 5) is 15.2. The summed E-state index contributed by atoms with van der Waals surface area (Å²) in [5.74, 6) is 0.0813. The summed E-state index contributed by atoms with van der Waals surface area (Å²) in [6.07, 6.45) is 6.95. The van der Waals surface area contributed by atoms with E-state index < -0.39 is 0 Å². The third-order valence-electron chi connectivity index (χ3n) is 6.62. The molecule has 1 unspecified atom stereocenters. The predicted molar refractivity (Wildman–Crippen MR) is 115 cm³/mol. The van der Waals surface area contributed by atoms with Gasteiger partial charge in [0, 0.05) is 43.3 Å². The minimum absolute atomic E-state index is 0.0813. The number of rotatable bonds is 7. The van der Waals surface area contributed by atoms with E-state index in [0.717, 1.165) is 44.1 Å². The molecule has 1 heterocycles. The number of aryl methyl sites for hydroxylation is 1. The highest BCUT2D eigenvalue weighted by Gasteiger charge is 2.38. The lowest BCUT2D eigenvalue weighted by atomic mass is 9.79. The van der Waals surface area contributed by atoms with Crippen LogP contribution in [0.15, 0.2) is 18.2 Å². The molecule has 1 aromatic carbocycles. The van der Waals surface area contributed by atoms with Gasteiger partial charge in [0.1, 0.15) is 0 Å². The van der Waals surface area contributed by atoms with Crippen LogP contribution in [0.3, 0.4) is 0 Å². The van der Waals surface area contributed by atoms with Crippen molar-refractivity contribution in [2.45, 2.75) is 70.9 Å². The number of carbonyl (C=O) groups is 1. The molecule has 1 saturated carbocycles. The van der Waals surface area contributed by atoms with Crippen LogP contribution in [0.4, 0.5) is 5.69 Å². The normalized spacial score (nSPS) is 21.2. The third kappa shape index (κ3) is 5.34. The minimum atomic E-state index is 0.0813. The van der Waals surface area contributed by atoms with Gasteiger partial charge in [0.05, 0.1) is 13.2 Å². The first kappa shape index (κ1) is 21.3. The molecule has 2 fully saturated rings. The molecule has 5 heteroatoms. The van der Waals surface area contributed by atoms with Gasteiger partial charge in [0.25, 0.3) is 0 Å². The van der Waals surface area contributed by atoms with Crippen molar-refractivity contribution < 1.29 is 9.53 Å². The number of hydrogen-bond acceptors (Lipinski definition) is 4. The Kier molecular flexibility index (Phi) is 7.49. The van der Waals surface area contributed by atoms with Crippen LogP contribution in [0, 0.1) is 13.8 Å². The Bertz CT molecular complexity index is 649. The molecule has 156 valence electrons. The molecule has 0 radical (unpaired) electrons. The molecule has 1 amide bonds. The van der Waals surface area contributed by atoms with E-state index in [1.165, 1.54) is 37.7 Å². The zero-order valence-corrected chi connectivity index (χ0v) is 17.9. The fourth-order valence-electron chi connectivity index (χ4n) is 4.65. The highest BCUT2D eigenvalue weighted by atomic mass is 16.5. The van der Waals surface area contributed by atoms with E-state index in [4.69, 9.17) is 4.74 Å². The van der Waals surface area contributed by atoms with E-state index in [1.807, 2.05) is 12.1 Å². The summed E-state index contributed by atoms with van der Waals surface area (Å²) in [6, 6.07) is 6.21. The number of carbonyl (C=O) groups excluding carboxylic acids is 1. The van der Waals surface area contributed by atoms with E-state index in [2.05, 4.69) is 42.4 Å². The Morgan fingerprint density at radius 2 is 1.89 bits per heavy atom. The second-order valence-corrected chi connectivity index (χ2v) is 8.67. The molecule has 28 heavy (non-hydrogen) atoms. The van der Waals surface area contributed by atoms with Gasteiger partial charge < -0.3 is 15.4 Å². The molecule has 1 aromatic rings. The Labute approximate surface area is 170 Å². The first-order valence-corrected chi connectivity index (χ1v) is 10.9. The van der Waals surface area contributed by atoms with Gasteiger partial charge in [-0.3, -0.25) is 9.69 Å². The van der Waals surface area contributed by atoms with Crippen LogP contribution in [-0.2, 0) is 9.53 Å². The monoisotopic (exact) mass is 387 g/mol. The topological polar surface area (TPSA) is 53.6 Å². The smallest absolute Gasteiger partial charge is 0.225 e. The Hall–Kier alpha value is -1.43. The van der Waals surface area contributed by atoms with Crippen molar-refractivity contribution in [2.75, 3.05) is 38.2 Å². The average molecular weight is 388 g/mol. The van der Waals surface area contributed by atoms with Crippen LogP contribution in [-0.4, -0.2) is 55.2 Å². The number of amides is 1. The maximum Gasteiger partial charge on any atom is 0.225 e. The Morgan fingerprint density at radius 3 is 2.61 bits per heavy atom. The van der Waals surface area contributed by atoms with Crippen molar-refractivity contribution >= 4 is 11.6 Å². The van der Waals surface area contributed by atoms with E-state index in [0.29, 0.717) is 6.42 Å². The summed E-state index contributed by atoms with van der Waals surface area (Å²) in [7, 11) is 0. The molecule has 1 aliphatic heterocycles. The van der Waals surface area contributed by atoms with Crippen molar-refractivity contribution in [1.29, 1.82) is 0 Å². The van der Waals surface area contributed by atoms with Gasteiger partial charge in [-0.05, 0) is 50.8 Å². The zero-order chi connectivity index (χ0) is 20.0. The highest BCUT2D eigenvalue weighted by molar-refractivity contribution is 5.92. The highest BCUT2D eigenvalue weighted by Crippen LogP contribution is 2.34. The van der Waals surface area contributed by atoms with Crippen molar-refractivity contribution in [2.24, 2.45) is 0 Å². The summed E-state index contributed by atoms with van der Waals surface area (Å²) < 4.78 is 5.57. The number of hydrogen-bond donors (Lipinski definition) is 2.